The first-order valence-electron chi connectivity index (χ1n) is 6.18. The highest BCUT2D eigenvalue weighted by atomic mass is 16.5. The summed E-state index contributed by atoms with van der Waals surface area (Å²) in [6, 6.07) is 0. The van der Waals surface area contributed by atoms with Gasteiger partial charge in [0.05, 0.1) is 6.10 Å². The Morgan fingerprint density at radius 1 is 1.40 bits per heavy atom. The van der Waals surface area contributed by atoms with E-state index >= 15 is 0 Å². The fraction of sp³-hybridized carbons (Fsp3) is 1.00. The molecule has 0 amide bonds. The fourth-order valence-corrected chi connectivity index (χ4v) is 2.30. The summed E-state index contributed by atoms with van der Waals surface area (Å²) in [5.74, 6) is 0.502. The molecule has 1 fully saturated rings. The van der Waals surface area contributed by atoms with Crippen molar-refractivity contribution in [2.24, 2.45) is 5.92 Å². The molecule has 1 rings (SSSR count). The van der Waals surface area contributed by atoms with Crippen LogP contribution in [-0.4, -0.2) is 49.5 Å². The molecule has 0 aromatic carbocycles. The predicted octanol–water partition coefficient (Wildman–Crippen LogP) is 1.51. The van der Waals surface area contributed by atoms with Crippen LogP contribution in [0.15, 0.2) is 0 Å². The summed E-state index contributed by atoms with van der Waals surface area (Å²) in [5.41, 5.74) is 0. The lowest BCUT2D eigenvalue weighted by Crippen LogP contribution is -2.30. The number of aliphatic hydroxyl groups is 1. The molecule has 2 atom stereocenters. The molecule has 0 radical (unpaired) electrons. The van der Waals surface area contributed by atoms with Crippen LogP contribution in [0, 0.1) is 5.92 Å². The van der Waals surface area contributed by atoms with Gasteiger partial charge in [-0.25, -0.2) is 0 Å². The Morgan fingerprint density at radius 2 is 2.20 bits per heavy atom. The quantitative estimate of drug-likeness (QED) is 0.653. The molecule has 1 saturated carbocycles. The normalized spacial score (nSPS) is 26.4. The van der Waals surface area contributed by atoms with Gasteiger partial charge in [-0.05, 0) is 39.2 Å². The summed E-state index contributed by atoms with van der Waals surface area (Å²) in [6.07, 6.45) is 4.42. The van der Waals surface area contributed by atoms with Crippen LogP contribution in [0.5, 0.6) is 0 Å². The van der Waals surface area contributed by atoms with Crippen molar-refractivity contribution in [3.63, 3.8) is 0 Å². The molecule has 0 spiro atoms. The van der Waals surface area contributed by atoms with E-state index in [9.17, 15) is 5.11 Å². The van der Waals surface area contributed by atoms with Crippen LogP contribution >= 0.6 is 0 Å². The monoisotopic (exact) mass is 215 g/mol. The van der Waals surface area contributed by atoms with Crippen molar-refractivity contribution in [2.75, 3.05) is 33.4 Å². The van der Waals surface area contributed by atoms with Crippen LogP contribution in [-0.2, 0) is 4.74 Å². The smallest absolute Gasteiger partial charge is 0.0580 e. The highest BCUT2D eigenvalue weighted by Gasteiger charge is 2.25. The molecular formula is C12H25NO2. The highest BCUT2D eigenvalue weighted by Crippen LogP contribution is 2.25. The zero-order valence-electron chi connectivity index (χ0n) is 10.1. The average molecular weight is 215 g/mol. The molecular weight excluding hydrogens is 190 g/mol. The second-order valence-corrected chi connectivity index (χ2v) is 4.57. The van der Waals surface area contributed by atoms with Crippen molar-refractivity contribution in [2.45, 2.75) is 38.7 Å². The van der Waals surface area contributed by atoms with Gasteiger partial charge in [-0.1, -0.05) is 6.42 Å². The molecule has 1 N–H and O–H groups in total. The Labute approximate surface area is 93.4 Å². The summed E-state index contributed by atoms with van der Waals surface area (Å²) >= 11 is 0. The molecule has 0 aliphatic heterocycles. The number of hydrogen-bond donors (Lipinski definition) is 1. The third-order valence-electron chi connectivity index (χ3n) is 3.20. The lowest BCUT2D eigenvalue weighted by molar-refractivity contribution is 0.101. The van der Waals surface area contributed by atoms with Gasteiger partial charge in [0.25, 0.3) is 0 Å². The van der Waals surface area contributed by atoms with Crippen LogP contribution < -0.4 is 0 Å². The first-order chi connectivity index (χ1) is 7.24. The van der Waals surface area contributed by atoms with E-state index < -0.39 is 0 Å². The number of nitrogens with zero attached hydrogens (tertiary/aromatic N) is 1. The number of ether oxygens (including phenoxy) is 1. The van der Waals surface area contributed by atoms with Gasteiger partial charge in [-0.2, -0.15) is 0 Å². The largest absolute Gasteiger partial charge is 0.393 e. The van der Waals surface area contributed by atoms with Crippen LogP contribution in [0.2, 0.25) is 0 Å². The van der Waals surface area contributed by atoms with Gasteiger partial charge in [-0.15, -0.1) is 0 Å². The molecule has 1 aliphatic carbocycles. The molecule has 0 aromatic rings. The number of aliphatic hydroxyl groups excluding tert-OH is 1. The minimum atomic E-state index is -0.0562. The maximum Gasteiger partial charge on any atom is 0.0580 e. The van der Waals surface area contributed by atoms with Gasteiger partial charge >= 0.3 is 0 Å². The van der Waals surface area contributed by atoms with Crippen LogP contribution in [0.3, 0.4) is 0 Å². The van der Waals surface area contributed by atoms with E-state index in [1.807, 2.05) is 6.92 Å². The van der Waals surface area contributed by atoms with Crippen LogP contribution in [0.1, 0.15) is 32.6 Å². The standard InChI is InChI=1S/C12H25NO2/c1-3-15-9-5-8-13(2)10-11-6-4-7-12(11)14/h11-12,14H,3-10H2,1-2H3. The summed E-state index contributed by atoms with van der Waals surface area (Å²) in [4.78, 5) is 2.32. The van der Waals surface area contributed by atoms with Crippen LogP contribution in [0.4, 0.5) is 0 Å². The SMILES string of the molecule is CCOCCCN(C)CC1CCCC1O. The van der Waals surface area contributed by atoms with E-state index in [2.05, 4.69) is 11.9 Å². The molecule has 0 bridgehead atoms. The fourth-order valence-electron chi connectivity index (χ4n) is 2.30. The molecule has 15 heavy (non-hydrogen) atoms. The van der Waals surface area contributed by atoms with Crippen molar-refractivity contribution >= 4 is 0 Å². The molecule has 0 heterocycles. The molecule has 3 nitrogen and oxygen atoms in total. The molecule has 3 heteroatoms. The first-order valence-corrected chi connectivity index (χ1v) is 6.18. The topological polar surface area (TPSA) is 32.7 Å². The molecule has 0 aromatic heterocycles. The van der Waals surface area contributed by atoms with Gasteiger partial charge in [0, 0.05) is 26.3 Å². The van der Waals surface area contributed by atoms with E-state index in [0.29, 0.717) is 5.92 Å². The highest BCUT2D eigenvalue weighted by molar-refractivity contribution is 4.78. The minimum absolute atomic E-state index is 0.0562. The Morgan fingerprint density at radius 3 is 2.80 bits per heavy atom. The summed E-state index contributed by atoms with van der Waals surface area (Å²) in [5, 5.41) is 9.70. The summed E-state index contributed by atoms with van der Waals surface area (Å²) in [6.45, 7) is 5.80. The van der Waals surface area contributed by atoms with Gasteiger partial charge < -0.3 is 14.7 Å². The second-order valence-electron chi connectivity index (χ2n) is 4.57. The third kappa shape index (κ3) is 4.96. The van der Waals surface area contributed by atoms with Crippen molar-refractivity contribution in [3.8, 4) is 0 Å². The van der Waals surface area contributed by atoms with E-state index in [-0.39, 0.29) is 6.10 Å². The third-order valence-corrected chi connectivity index (χ3v) is 3.20. The lowest BCUT2D eigenvalue weighted by Gasteiger charge is -2.22. The van der Waals surface area contributed by atoms with E-state index in [1.165, 1.54) is 12.8 Å². The van der Waals surface area contributed by atoms with Gasteiger partial charge in [0.15, 0.2) is 0 Å². The summed E-state index contributed by atoms with van der Waals surface area (Å²) in [7, 11) is 2.14. The predicted molar refractivity (Wildman–Crippen MR) is 62.0 cm³/mol. The van der Waals surface area contributed by atoms with E-state index in [4.69, 9.17) is 4.74 Å². The van der Waals surface area contributed by atoms with Crippen molar-refractivity contribution in [3.05, 3.63) is 0 Å². The van der Waals surface area contributed by atoms with E-state index in [1.54, 1.807) is 0 Å². The Balaban J connectivity index is 2.04. The van der Waals surface area contributed by atoms with Crippen molar-refractivity contribution < 1.29 is 9.84 Å². The molecule has 2 unspecified atom stereocenters. The second kappa shape index (κ2) is 7.20. The van der Waals surface area contributed by atoms with Crippen molar-refractivity contribution in [1.82, 2.24) is 4.90 Å². The molecule has 1 aliphatic rings. The molecule has 90 valence electrons. The van der Waals surface area contributed by atoms with E-state index in [0.717, 1.165) is 39.1 Å². The number of hydrogen-bond acceptors (Lipinski definition) is 3. The van der Waals surface area contributed by atoms with Crippen molar-refractivity contribution in [1.29, 1.82) is 0 Å². The lowest BCUT2D eigenvalue weighted by atomic mass is 10.1. The Hall–Kier alpha value is -0.120. The summed E-state index contributed by atoms with van der Waals surface area (Å²) < 4.78 is 5.30. The van der Waals surface area contributed by atoms with Gasteiger partial charge in [-0.3, -0.25) is 0 Å². The van der Waals surface area contributed by atoms with Gasteiger partial charge in [0.2, 0.25) is 0 Å². The molecule has 0 saturated heterocycles. The average Bonchev–Trinajstić information content (AvgIpc) is 2.59. The first kappa shape index (κ1) is 12.9. The Kier molecular flexibility index (Phi) is 6.22. The number of rotatable bonds is 7. The zero-order valence-corrected chi connectivity index (χ0v) is 10.1. The maximum absolute atomic E-state index is 9.70. The minimum Gasteiger partial charge on any atom is -0.393 e. The maximum atomic E-state index is 9.70. The van der Waals surface area contributed by atoms with Crippen LogP contribution in [0.25, 0.3) is 0 Å². The Bertz CT molecular complexity index is 164. The zero-order chi connectivity index (χ0) is 11.1. The van der Waals surface area contributed by atoms with Gasteiger partial charge in [0.1, 0.15) is 0 Å².